The minimum Gasteiger partial charge on any atom is -0.478 e. The van der Waals surface area contributed by atoms with Crippen molar-refractivity contribution >= 4 is 11.7 Å². The second-order valence-electron chi connectivity index (χ2n) is 5.66. The maximum absolute atomic E-state index is 11.3. The van der Waals surface area contributed by atoms with Crippen LogP contribution in [0.15, 0.2) is 18.2 Å². The molecule has 1 saturated carbocycles. The molecule has 1 aliphatic carbocycles. The quantitative estimate of drug-likeness (QED) is 0.898. The van der Waals surface area contributed by atoms with Crippen LogP contribution in [-0.4, -0.2) is 24.7 Å². The molecule has 1 aromatic rings. The summed E-state index contributed by atoms with van der Waals surface area (Å²) >= 11 is 0. The third kappa shape index (κ3) is 3.28. The van der Waals surface area contributed by atoms with Crippen molar-refractivity contribution in [2.75, 3.05) is 18.5 Å². The summed E-state index contributed by atoms with van der Waals surface area (Å²) in [6.07, 6.45) is 6.54. The number of aryl methyl sites for hydroxylation is 1. The van der Waals surface area contributed by atoms with Gasteiger partial charge in [-0.3, -0.25) is 0 Å². The van der Waals surface area contributed by atoms with Crippen molar-refractivity contribution in [3.63, 3.8) is 0 Å². The lowest BCUT2D eigenvalue weighted by atomic mass is 9.88. The summed E-state index contributed by atoms with van der Waals surface area (Å²) in [4.78, 5) is 13.5. The Morgan fingerprint density at radius 1 is 1.32 bits per heavy atom. The smallest absolute Gasteiger partial charge is 0.337 e. The molecule has 0 atom stereocenters. The number of carbonyl (C=O) groups is 1. The van der Waals surface area contributed by atoms with E-state index >= 15 is 0 Å². The van der Waals surface area contributed by atoms with Crippen molar-refractivity contribution in [2.24, 2.45) is 5.92 Å². The van der Waals surface area contributed by atoms with Crippen LogP contribution in [0.2, 0.25) is 0 Å². The highest BCUT2D eigenvalue weighted by Crippen LogP contribution is 2.29. The van der Waals surface area contributed by atoms with Crippen LogP contribution in [0.3, 0.4) is 0 Å². The Hall–Kier alpha value is -1.51. The maximum atomic E-state index is 11.3. The molecule has 1 aromatic carbocycles. The standard InChI is InChI=1S/C16H23NO2/c1-12-7-6-10-14(16(18)19)15(12)17(2)11-13-8-4-3-5-9-13/h6-7,10,13H,3-5,8-9,11H2,1-2H3,(H,18,19). The van der Waals surface area contributed by atoms with Gasteiger partial charge in [0, 0.05) is 13.6 Å². The molecule has 0 aliphatic heterocycles. The van der Waals surface area contributed by atoms with Gasteiger partial charge in [-0.15, -0.1) is 0 Å². The average Bonchev–Trinajstić information content (AvgIpc) is 2.39. The molecule has 0 bridgehead atoms. The molecule has 3 nitrogen and oxygen atoms in total. The molecule has 2 rings (SSSR count). The van der Waals surface area contributed by atoms with Crippen molar-refractivity contribution in [2.45, 2.75) is 39.0 Å². The Kier molecular flexibility index (Phi) is 4.46. The zero-order chi connectivity index (χ0) is 13.8. The van der Waals surface area contributed by atoms with Gasteiger partial charge < -0.3 is 10.0 Å². The summed E-state index contributed by atoms with van der Waals surface area (Å²) in [7, 11) is 2.02. The molecule has 3 heteroatoms. The molecule has 0 saturated heterocycles. The topological polar surface area (TPSA) is 40.5 Å². The van der Waals surface area contributed by atoms with Crippen molar-refractivity contribution in [1.82, 2.24) is 0 Å². The summed E-state index contributed by atoms with van der Waals surface area (Å²) in [5.41, 5.74) is 2.33. The molecule has 0 radical (unpaired) electrons. The number of carboxylic acids is 1. The van der Waals surface area contributed by atoms with E-state index in [9.17, 15) is 9.90 Å². The van der Waals surface area contributed by atoms with Crippen molar-refractivity contribution in [3.8, 4) is 0 Å². The second-order valence-corrected chi connectivity index (χ2v) is 5.66. The highest BCUT2D eigenvalue weighted by atomic mass is 16.4. The Labute approximate surface area is 115 Å². The van der Waals surface area contributed by atoms with Crippen LogP contribution in [0.5, 0.6) is 0 Å². The van der Waals surface area contributed by atoms with Gasteiger partial charge in [-0.05, 0) is 37.3 Å². The largest absolute Gasteiger partial charge is 0.478 e. The second kappa shape index (κ2) is 6.09. The van der Waals surface area contributed by atoms with E-state index < -0.39 is 5.97 Å². The van der Waals surface area contributed by atoms with Gasteiger partial charge in [0.15, 0.2) is 0 Å². The molecule has 0 spiro atoms. The number of anilines is 1. The number of benzene rings is 1. The zero-order valence-electron chi connectivity index (χ0n) is 11.9. The average molecular weight is 261 g/mol. The van der Waals surface area contributed by atoms with Crippen LogP contribution >= 0.6 is 0 Å². The molecule has 104 valence electrons. The van der Waals surface area contributed by atoms with E-state index in [-0.39, 0.29) is 0 Å². The molecular formula is C16H23NO2. The Balaban J connectivity index is 2.17. The summed E-state index contributed by atoms with van der Waals surface area (Å²) < 4.78 is 0. The fourth-order valence-corrected chi connectivity index (χ4v) is 3.19. The van der Waals surface area contributed by atoms with E-state index in [0.29, 0.717) is 11.5 Å². The van der Waals surface area contributed by atoms with Gasteiger partial charge in [-0.1, -0.05) is 31.4 Å². The first-order valence-electron chi connectivity index (χ1n) is 7.13. The molecule has 0 heterocycles. The van der Waals surface area contributed by atoms with E-state index in [1.807, 2.05) is 26.1 Å². The van der Waals surface area contributed by atoms with Crippen LogP contribution in [0, 0.1) is 12.8 Å². The first kappa shape index (κ1) is 13.9. The number of carboxylic acid groups (broad SMARTS) is 1. The number of nitrogens with zero attached hydrogens (tertiary/aromatic N) is 1. The predicted molar refractivity (Wildman–Crippen MR) is 78.0 cm³/mol. The lowest BCUT2D eigenvalue weighted by molar-refractivity contribution is 0.0697. The highest BCUT2D eigenvalue weighted by molar-refractivity contribution is 5.95. The van der Waals surface area contributed by atoms with Crippen LogP contribution in [0.4, 0.5) is 5.69 Å². The van der Waals surface area contributed by atoms with Crippen LogP contribution in [0.1, 0.15) is 48.0 Å². The highest BCUT2D eigenvalue weighted by Gasteiger charge is 2.20. The summed E-state index contributed by atoms with van der Waals surface area (Å²) in [5, 5.41) is 9.32. The van der Waals surface area contributed by atoms with E-state index in [1.165, 1.54) is 32.1 Å². The molecule has 1 N–H and O–H groups in total. The Morgan fingerprint density at radius 3 is 2.63 bits per heavy atom. The van der Waals surface area contributed by atoms with Gasteiger partial charge >= 0.3 is 5.97 Å². The lowest BCUT2D eigenvalue weighted by Gasteiger charge is -2.30. The van der Waals surface area contributed by atoms with Crippen LogP contribution < -0.4 is 4.90 Å². The summed E-state index contributed by atoms with van der Waals surface area (Å²) in [6.45, 7) is 2.95. The van der Waals surface area contributed by atoms with E-state index in [0.717, 1.165) is 17.8 Å². The van der Waals surface area contributed by atoms with Gasteiger partial charge in [0.1, 0.15) is 0 Å². The van der Waals surface area contributed by atoms with E-state index in [4.69, 9.17) is 0 Å². The van der Waals surface area contributed by atoms with E-state index in [1.54, 1.807) is 6.07 Å². The number of hydrogen-bond acceptors (Lipinski definition) is 2. The first-order valence-corrected chi connectivity index (χ1v) is 7.13. The van der Waals surface area contributed by atoms with Gasteiger partial charge in [-0.25, -0.2) is 4.79 Å². The fraction of sp³-hybridized carbons (Fsp3) is 0.562. The van der Waals surface area contributed by atoms with Gasteiger partial charge in [0.05, 0.1) is 11.3 Å². The van der Waals surface area contributed by atoms with Gasteiger partial charge in [-0.2, -0.15) is 0 Å². The Bertz CT molecular complexity index is 450. The molecule has 0 unspecified atom stereocenters. The molecule has 0 aromatic heterocycles. The SMILES string of the molecule is Cc1cccc(C(=O)O)c1N(C)CC1CCCCC1. The first-order chi connectivity index (χ1) is 9.09. The number of rotatable bonds is 4. The number of hydrogen-bond donors (Lipinski definition) is 1. The third-order valence-electron chi connectivity index (χ3n) is 4.11. The van der Waals surface area contributed by atoms with Crippen molar-refractivity contribution in [1.29, 1.82) is 0 Å². The third-order valence-corrected chi connectivity index (χ3v) is 4.11. The zero-order valence-corrected chi connectivity index (χ0v) is 11.9. The molecular weight excluding hydrogens is 238 g/mol. The van der Waals surface area contributed by atoms with Gasteiger partial charge in [0.2, 0.25) is 0 Å². The normalized spacial score (nSPS) is 16.3. The number of para-hydroxylation sites is 1. The predicted octanol–water partition coefficient (Wildman–Crippen LogP) is 3.71. The molecule has 19 heavy (non-hydrogen) atoms. The Morgan fingerprint density at radius 2 is 2.00 bits per heavy atom. The fourth-order valence-electron chi connectivity index (χ4n) is 3.19. The van der Waals surface area contributed by atoms with Crippen molar-refractivity contribution in [3.05, 3.63) is 29.3 Å². The van der Waals surface area contributed by atoms with Crippen molar-refractivity contribution < 1.29 is 9.90 Å². The number of aromatic carboxylic acids is 1. The monoisotopic (exact) mass is 261 g/mol. The van der Waals surface area contributed by atoms with E-state index in [2.05, 4.69) is 4.90 Å². The minimum atomic E-state index is -0.839. The van der Waals surface area contributed by atoms with Crippen LogP contribution in [-0.2, 0) is 0 Å². The summed E-state index contributed by atoms with van der Waals surface area (Å²) in [5.74, 6) is -0.130. The van der Waals surface area contributed by atoms with Gasteiger partial charge in [0.25, 0.3) is 0 Å². The minimum absolute atomic E-state index is 0.415. The molecule has 1 aliphatic rings. The molecule has 1 fully saturated rings. The van der Waals surface area contributed by atoms with Crippen LogP contribution in [0.25, 0.3) is 0 Å². The molecule has 0 amide bonds. The maximum Gasteiger partial charge on any atom is 0.337 e. The summed E-state index contributed by atoms with van der Waals surface area (Å²) in [6, 6.07) is 5.50. The lowest BCUT2D eigenvalue weighted by Crippen LogP contribution is -2.28.